The normalized spacial score (nSPS) is 13.3. The topological polar surface area (TPSA) is 89.3 Å². The Kier molecular flexibility index (Phi) is 6.13. The summed E-state index contributed by atoms with van der Waals surface area (Å²) in [7, 11) is -7.84. The van der Waals surface area contributed by atoms with Crippen LogP contribution in [-0.2, 0) is 25.5 Å². The zero-order valence-electron chi connectivity index (χ0n) is 17.5. The Morgan fingerprint density at radius 2 is 1.46 bits per heavy atom. The third-order valence-electron chi connectivity index (χ3n) is 4.73. The van der Waals surface area contributed by atoms with Crippen LogP contribution in [0.2, 0.25) is 0 Å². The summed E-state index contributed by atoms with van der Waals surface area (Å²) < 4.78 is 54.2. The van der Waals surface area contributed by atoms with Gasteiger partial charge in [-0.15, -0.1) is 0 Å². The second-order valence-electron chi connectivity index (χ2n) is 7.71. The Morgan fingerprint density at radius 1 is 0.964 bits per heavy atom. The lowest BCUT2D eigenvalue weighted by Gasteiger charge is -2.19. The van der Waals surface area contributed by atoms with Crippen molar-refractivity contribution in [2.24, 2.45) is 0 Å². The van der Waals surface area contributed by atoms with E-state index >= 15 is 0 Å². The quantitative estimate of drug-likeness (QED) is 0.707. The molecule has 156 valence electrons. The summed E-state index contributed by atoms with van der Waals surface area (Å²) in [5.74, 6) is 0. The average molecular weight is 428 g/mol. The van der Waals surface area contributed by atoms with Crippen molar-refractivity contribution in [2.45, 2.75) is 63.7 Å². The second-order valence-corrected chi connectivity index (χ2v) is 11.4. The number of nitrogens with zero attached hydrogens (tertiary/aromatic N) is 3. The number of hydrogen-bond donors (Lipinski definition) is 0. The first-order chi connectivity index (χ1) is 12.8. The maximum Gasteiger partial charge on any atom is 0.283 e. The molecular formula is C19H29N3O4S2. The van der Waals surface area contributed by atoms with E-state index in [-0.39, 0.29) is 26.6 Å². The van der Waals surface area contributed by atoms with E-state index in [2.05, 4.69) is 5.10 Å². The Bertz CT molecular complexity index is 1060. The Hall–Kier alpha value is -1.71. The van der Waals surface area contributed by atoms with Crippen LogP contribution in [-0.4, -0.2) is 43.4 Å². The molecule has 0 aliphatic carbocycles. The molecule has 0 amide bonds. The van der Waals surface area contributed by atoms with Gasteiger partial charge in [0.05, 0.1) is 16.3 Å². The molecule has 1 aromatic carbocycles. The minimum absolute atomic E-state index is 0.0499. The number of hydrogen-bond acceptors (Lipinski definition) is 5. The lowest BCUT2D eigenvalue weighted by atomic mass is 9.87. The molecule has 2 rings (SSSR count). The number of rotatable bonds is 6. The highest BCUT2D eigenvalue weighted by Gasteiger charge is 2.33. The van der Waals surface area contributed by atoms with Crippen LogP contribution in [0.15, 0.2) is 34.1 Å². The second kappa shape index (κ2) is 7.61. The van der Waals surface area contributed by atoms with E-state index in [1.807, 2.05) is 20.8 Å². The molecule has 0 atom stereocenters. The van der Waals surface area contributed by atoms with Crippen LogP contribution < -0.4 is 0 Å². The molecule has 0 saturated heterocycles. The van der Waals surface area contributed by atoms with Crippen LogP contribution in [0.1, 0.15) is 51.6 Å². The van der Waals surface area contributed by atoms with Gasteiger partial charge in [0.25, 0.3) is 10.0 Å². The van der Waals surface area contributed by atoms with E-state index in [0.29, 0.717) is 13.1 Å². The predicted molar refractivity (Wildman–Crippen MR) is 110 cm³/mol. The Balaban J connectivity index is 2.61. The Morgan fingerprint density at radius 3 is 1.89 bits per heavy atom. The van der Waals surface area contributed by atoms with E-state index < -0.39 is 20.0 Å². The van der Waals surface area contributed by atoms with Gasteiger partial charge in [-0.05, 0) is 37.0 Å². The highest BCUT2D eigenvalue weighted by atomic mass is 32.2. The summed E-state index contributed by atoms with van der Waals surface area (Å²) in [6.45, 7) is 13.2. The van der Waals surface area contributed by atoms with Crippen LogP contribution in [0.4, 0.5) is 0 Å². The number of sulfonamides is 1. The summed E-state index contributed by atoms with van der Waals surface area (Å²) in [5, 5.41) is 4.07. The van der Waals surface area contributed by atoms with Gasteiger partial charge < -0.3 is 0 Å². The first-order valence-corrected chi connectivity index (χ1v) is 12.1. The smallest absolute Gasteiger partial charge is 0.207 e. The Labute approximate surface area is 168 Å². The summed E-state index contributed by atoms with van der Waals surface area (Å²) >= 11 is 0. The van der Waals surface area contributed by atoms with E-state index in [4.69, 9.17) is 0 Å². The summed E-state index contributed by atoms with van der Waals surface area (Å²) in [6.07, 6.45) is 0. The molecule has 0 saturated carbocycles. The van der Waals surface area contributed by atoms with E-state index in [0.717, 1.165) is 9.65 Å². The number of aromatic nitrogens is 2. The summed E-state index contributed by atoms with van der Waals surface area (Å²) in [4.78, 5) is 0.0176. The largest absolute Gasteiger partial charge is 0.283 e. The van der Waals surface area contributed by atoms with Gasteiger partial charge >= 0.3 is 0 Å². The molecule has 1 heterocycles. The third-order valence-corrected chi connectivity index (χ3v) is 8.72. The molecule has 0 unspecified atom stereocenters. The van der Waals surface area contributed by atoms with Crippen LogP contribution in [0.3, 0.4) is 0 Å². The molecule has 0 fully saturated rings. The molecule has 0 aliphatic rings. The molecule has 0 N–H and O–H groups in total. The molecule has 0 spiro atoms. The van der Waals surface area contributed by atoms with E-state index in [1.165, 1.54) is 30.3 Å². The molecule has 9 heteroatoms. The summed E-state index contributed by atoms with van der Waals surface area (Å²) in [5.41, 5.74) is 1.15. The van der Waals surface area contributed by atoms with Gasteiger partial charge in [-0.2, -0.15) is 21.9 Å². The molecule has 28 heavy (non-hydrogen) atoms. The van der Waals surface area contributed by atoms with Gasteiger partial charge in [-0.1, -0.05) is 46.8 Å². The van der Waals surface area contributed by atoms with E-state index in [1.54, 1.807) is 26.0 Å². The summed E-state index contributed by atoms with van der Waals surface area (Å²) in [6, 6.07) is 6.61. The van der Waals surface area contributed by atoms with Crippen LogP contribution in [0.5, 0.6) is 0 Å². The van der Waals surface area contributed by atoms with Crippen molar-refractivity contribution >= 4 is 20.0 Å². The fourth-order valence-electron chi connectivity index (χ4n) is 3.13. The van der Waals surface area contributed by atoms with Gasteiger partial charge in [0.15, 0.2) is 0 Å². The molecule has 1 aromatic heterocycles. The van der Waals surface area contributed by atoms with Crippen molar-refractivity contribution in [2.75, 3.05) is 13.1 Å². The van der Waals surface area contributed by atoms with Gasteiger partial charge in [-0.25, -0.2) is 8.42 Å². The van der Waals surface area contributed by atoms with Gasteiger partial charge in [0.2, 0.25) is 10.0 Å². The fourth-order valence-corrected chi connectivity index (χ4v) is 6.36. The van der Waals surface area contributed by atoms with Crippen molar-refractivity contribution in [1.82, 2.24) is 13.5 Å². The maximum atomic E-state index is 13.1. The first kappa shape index (κ1) is 22.6. The zero-order chi connectivity index (χ0) is 21.5. The van der Waals surface area contributed by atoms with Crippen molar-refractivity contribution in [1.29, 1.82) is 0 Å². The minimum Gasteiger partial charge on any atom is -0.207 e. The monoisotopic (exact) mass is 427 g/mol. The third kappa shape index (κ3) is 3.88. The van der Waals surface area contributed by atoms with Gasteiger partial charge in [0.1, 0.15) is 4.90 Å². The first-order valence-electron chi connectivity index (χ1n) is 9.21. The fraction of sp³-hybridized carbons (Fsp3) is 0.526. The number of benzene rings is 1. The SMILES string of the molecule is CCN(CC)S(=O)(=O)c1c(C)nn(S(=O)(=O)c2ccc(C(C)(C)C)cc2)c1C. The standard InChI is InChI=1S/C19H29N3O4S2/c1-8-21(9-2)28(25,26)18-14(3)20-22(15(18)4)27(23,24)17-12-10-16(11-13-17)19(5,6)7/h10-13H,8-9H2,1-7H3. The predicted octanol–water partition coefficient (Wildman–Crippen LogP) is 3.06. The highest BCUT2D eigenvalue weighted by molar-refractivity contribution is 7.90. The minimum atomic E-state index is -4.01. The maximum absolute atomic E-state index is 13.1. The zero-order valence-corrected chi connectivity index (χ0v) is 19.1. The lowest BCUT2D eigenvalue weighted by molar-refractivity contribution is 0.444. The molecule has 2 aromatic rings. The van der Waals surface area contributed by atoms with Crippen LogP contribution in [0, 0.1) is 13.8 Å². The van der Waals surface area contributed by atoms with Crippen molar-refractivity contribution in [3.8, 4) is 0 Å². The van der Waals surface area contributed by atoms with Crippen molar-refractivity contribution in [3.63, 3.8) is 0 Å². The van der Waals surface area contributed by atoms with Crippen LogP contribution in [0.25, 0.3) is 0 Å². The van der Waals surface area contributed by atoms with Gasteiger partial charge in [-0.3, -0.25) is 0 Å². The van der Waals surface area contributed by atoms with Gasteiger partial charge in [0, 0.05) is 13.1 Å². The molecular weight excluding hydrogens is 398 g/mol. The van der Waals surface area contributed by atoms with Crippen molar-refractivity contribution < 1.29 is 16.8 Å². The van der Waals surface area contributed by atoms with E-state index in [9.17, 15) is 16.8 Å². The molecule has 0 bridgehead atoms. The number of aryl methyl sites for hydroxylation is 1. The average Bonchev–Trinajstić information content (AvgIpc) is 2.90. The molecule has 7 nitrogen and oxygen atoms in total. The lowest BCUT2D eigenvalue weighted by Crippen LogP contribution is -2.31. The highest BCUT2D eigenvalue weighted by Crippen LogP contribution is 2.28. The van der Waals surface area contributed by atoms with Crippen molar-refractivity contribution in [3.05, 3.63) is 41.2 Å². The van der Waals surface area contributed by atoms with Crippen LogP contribution >= 0.6 is 0 Å². The molecule has 0 aliphatic heterocycles. The molecule has 0 radical (unpaired) electrons.